The number of benzene rings is 2. The van der Waals surface area contributed by atoms with Crippen molar-refractivity contribution in [1.29, 1.82) is 0 Å². The lowest BCUT2D eigenvalue weighted by atomic mass is 9.89. The number of carbonyl (C=O) groups excluding carboxylic acids is 4. The number of hydrogen-bond donors (Lipinski definition) is 1. The second kappa shape index (κ2) is 8.53. The molecule has 4 amide bonds. The second-order valence-electron chi connectivity index (χ2n) is 8.34. The fraction of sp³-hybridized carbons (Fsp3) is 0.333. The zero-order chi connectivity index (χ0) is 22.9. The van der Waals surface area contributed by atoms with Crippen LogP contribution in [-0.2, 0) is 15.1 Å². The van der Waals surface area contributed by atoms with Gasteiger partial charge in [-0.15, -0.1) is 0 Å². The van der Waals surface area contributed by atoms with Crippen LogP contribution in [0.3, 0.4) is 0 Å². The number of piperidine rings is 1. The standard InChI is InChI=1S/C24H24FN3O4/c1-24(18-7-9-19(25)10-8-18)22(31)28(23(32)26-24)15-20(29)27-13-11-17(12-14-27)21(30)16-5-3-2-4-6-16/h2-10,17H,11-15H2,1H3,(H,26,32)/t24-/m1/s1. The third-order valence-electron chi connectivity index (χ3n) is 6.27. The van der Waals surface area contributed by atoms with E-state index in [1.54, 1.807) is 17.0 Å². The maximum atomic E-state index is 13.2. The van der Waals surface area contributed by atoms with E-state index in [1.807, 2.05) is 18.2 Å². The van der Waals surface area contributed by atoms with E-state index in [9.17, 15) is 23.6 Å². The molecular formula is C24H24FN3O4. The summed E-state index contributed by atoms with van der Waals surface area (Å²) in [6, 6.07) is 13.7. The molecule has 0 aliphatic carbocycles. The Morgan fingerprint density at radius 1 is 1.03 bits per heavy atom. The number of ketones is 1. The molecular weight excluding hydrogens is 413 g/mol. The lowest BCUT2D eigenvalue weighted by Crippen LogP contribution is -2.47. The molecule has 2 aliphatic heterocycles. The molecule has 0 unspecified atom stereocenters. The van der Waals surface area contributed by atoms with Crippen LogP contribution in [0.15, 0.2) is 54.6 Å². The van der Waals surface area contributed by atoms with Gasteiger partial charge in [0.1, 0.15) is 17.9 Å². The van der Waals surface area contributed by atoms with Crippen molar-refractivity contribution < 1.29 is 23.6 Å². The molecule has 2 heterocycles. The number of imide groups is 1. The average Bonchev–Trinajstić information content (AvgIpc) is 3.03. The van der Waals surface area contributed by atoms with Crippen LogP contribution in [0.1, 0.15) is 35.7 Å². The number of Topliss-reactive ketones (excluding diaryl/α,β-unsaturated/α-hetero) is 1. The van der Waals surface area contributed by atoms with Crippen LogP contribution in [0, 0.1) is 11.7 Å². The minimum absolute atomic E-state index is 0.0712. The summed E-state index contributed by atoms with van der Waals surface area (Å²) in [6.07, 6.45) is 1.07. The number of amides is 4. The Kier molecular flexibility index (Phi) is 5.78. The first-order chi connectivity index (χ1) is 15.3. The van der Waals surface area contributed by atoms with Gasteiger partial charge < -0.3 is 10.2 Å². The Balaban J connectivity index is 1.37. The number of carbonyl (C=O) groups is 4. The van der Waals surface area contributed by atoms with Crippen molar-refractivity contribution in [3.05, 3.63) is 71.5 Å². The highest BCUT2D eigenvalue weighted by molar-refractivity contribution is 6.09. The van der Waals surface area contributed by atoms with Crippen molar-refractivity contribution in [2.24, 2.45) is 5.92 Å². The number of nitrogens with zero attached hydrogens (tertiary/aromatic N) is 2. The van der Waals surface area contributed by atoms with Crippen molar-refractivity contribution >= 4 is 23.6 Å². The molecule has 7 nitrogen and oxygen atoms in total. The first-order valence-electron chi connectivity index (χ1n) is 10.6. The summed E-state index contributed by atoms with van der Waals surface area (Å²) in [5.74, 6) is -1.43. The number of hydrogen-bond acceptors (Lipinski definition) is 4. The van der Waals surface area contributed by atoms with E-state index in [4.69, 9.17) is 0 Å². The molecule has 4 rings (SSSR count). The first kappa shape index (κ1) is 21.7. The molecule has 0 radical (unpaired) electrons. The van der Waals surface area contributed by atoms with Crippen LogP contribution in [0.2, 0.25) is 0 Å². The first-order valence-corrected chi connectivity index (χ1v) is 10.6. The zero-order valence-electron chi connectivity index (χ0n) is 17.7. The maximum Gasteiger partial charge on any atom is 0.325 e. The number of likely N-dealkylation sites (tertiary alicyclic amines) is 1. The van der Waals surface area contributed by atoms with Crippen LogP contribution < -0.4 is 5.32 Å². The highest BCUT2D eigenvalue weighted by Gasteiger charge is 2.49. The Morgan fingerprint density at radius 3 is 2.28 bits per heavy atom. The molecule has 0 saturated carbocycles. The Morgan fingerprint density at radius 2 is 1.66 bits per heavy atom. The monoisotopic (exact) mass is 437 g/mol. The third-order valence-corrected chi connectivity index (χ3v) is 6.27. The lowest BCUT2D eigenvalue weighted by Gasteiger charge is -2.32. The normalized spacial score (nSPS) is 21.6. The highest BCUT2D eigenvalue weighted by atomic mass is 19.1. The predicted octanol–water partition coefficient (Wildman–Crippen LogP) is 2.71. The minimum Gasteiger partial charge on any atom is -0.341 e. The summed E-state index contributed by atoms with van der Waals surface area (Å²) in [4.78, 5) is 53.4. The van der Waals surface area contributed by atoms with Crippen LogP contribution in [0.4, 0.5) is 9.18 Å². The van der Waals surface area contributed by atoms with Gasteiger partial charge in [0.25, 0.3) is 5.91 Å². The topological polar surface area (TPSA) is 86.8 Å². The van der Waals surface area contributed by atoms with E-state index in [0.717, 1.165) is 4.90 Å². The van der Waals surface area contributed by atoms with Gasteiger partial charge in [-0.05, 0) is 37.5 Å². The van der Waals surface area contributed by atoms with E-state index in [-0.39, 0.29) is 24.2 Å². The van der Waals surface area contributed by atoms with Crippen molar-refractivity contribution in [3.63, 3.8) is 0 Å². The molecule has 2 aromatic carbocycles. The molecule has 32 heavy (non-hydrogen) atoms. The highest BCUT2D eigenvalue weighted by Crippen LogP contribution is 2.29. The van der Waals surface area contributed by atoms with Crippen LogP contribution in [-0.4, -0.2) is 53.1 Å². The maximum absolute atomic E-state index is 13.2. The molecule has 2 saturated heterocycles. The summed E-state index contributed by atoms with van der Waals surface area (Å²) in [5, 5.41) is 2.61. The number of rotatable bonds is 5. The fourth-order valence-electron chi connectivity index (χ4n) is 4.28. The van der Waals surface area contributed by atoms with Gasteiger partial charge in [0, 0.05) is 24.6 Å². The average molecular weight is 437 g/mol. The smallest absolute Gasteiger partial charge is 0.325 e. The molecule has 2 fully saturated rings. The van der Waals surface area contributed by atoms with E-state index in [2.05, 4.69) is 5.32 Å². The largest absolute Gasteiger partial charge is 0.341 e. The third kappa shape index (κ3) is 4.00. The molecule has 1 N–H and O–H groups in total. The van der Waals surface area contributed by atoms with Crippen LogP contribution in [0.25, 0.3) is 0 Å². The van der Waals surface area contributed by atoms with E-state index in [0.29, 0.717) is 37.1 Å². The van der Waals surface area contributed by atoms with Gasteiger partial charge in [0.2, 0.25) is 5.91 Å². The van der Waals surface area contributed by atoms with E-state index < -0.39 is 23.3 Å². The predicted molar refractivity (Wildman–Crippen MR) is 114 cm³/mol. The summed E-state index contributed by atoms with van der Waals surface area (Å²) < 4.78 is 13.2. The van der Waals surface area contributed by atoms with Crippen molar-refractivity contribution in [1.82, 2.24) is 15.1 Å². The summed E-state index contributed by atoms with van der Waals surface area (Å²) >= 11 is 0. The van der Waals surface area contributed by atoms with E-state index in [1.165, 1.54) is 31.2 Å². The second-order valence-corrected chi connectivity index (χ2v) is 8.34. The van der Waals surface area contributed by atoms with Gasteiger partial charge in [-0.1, -0.05) is 42.5 Å². The molecule has 0 spiro atoms. The number of urea groups is 1. The minimum atomic E-state index is -1.36. The molecule has 2 aliphatic rings. The molecule has 2 aromatic rings. The molecule has 166 valence electrons. The van der Waals surface area contributed by atoms with Gasteiger partial charge in [-0.2, -0.15) is 0 Å². The number of nitrogens with one attached hydrogen (secondary N) is 1. The quantitative estimate of drug-likeness (QED) is 0.576. The van der Waals surface area contributed by atoms with Crippen molar-refractivity contribution in [3.8, 4) is 0 Å². The lowest BCUT2D eigenvalue weighted by molar-refractivity contribution is -0.139. The Hall–Kier alpha value is -3.55. The molecule has 8 heteroatoms. The zero-order valence-corrected chi connectivity index (χ0v) is 17.7. The Labute approximate surface area is 185 Å². The molecule has 0 aromatic heterocycles. The van der Waals surface area contributed by atoms with Crippen LogP contribution in [0.5, 0.6) is 0 Å². The summed E-state index contributed by atoms with van der Waals surface area (Å²) in [7, 11) is 0. The van der Waals surface area contributed by atoms with E-state index >= 15 is 0 Å². The van der Waals surface area contributed by atoms with Gasteiger partial charge in [0.15, 0.2) is 5.78 Å². The SMILES string of the molecule is C[C@]1(c2ccc(F)cc2)NC(=O)N(CC(=O)N2CCC(C(=O)c3ccccc3)CC2)C1=O. The fourth-order valence-corrected chi connectivity index (χ4v) is 4.28. The van der Waals surface area contributed by atoms with Gasteiger partial charge in [-0.25, -0.2) is 9.18 Å². The molecule has 1 atom stereocenters. The van der Waals surface area contributed by atoms with Gasteiger partial charge >= 0.3 is 6.03 Å². The Bertz CT molecular complexity index is 1050. The van der Waals surface area contributed by atoms with Crippen molar-refractivity contribution in [2.45, 2.75) is 25.3 Å². The number of halogens is 1. The molecule has 0 bridgehead atoms. The van der Waals surface area contributed by atoms with Crippen LogP contribution >= 0.6 is 0 Å². The summed E-state index contributed by atoms with van der Waals surface area (Å²) in [5.41, 5.74) is -0.260. The van der Waals surface area contributed by atoms with Gasteiger partial charge in [0.05, 0.1) is 0 Å². The van der Waals surface area contributed by atoms with Gasteiger partial charge in [-0.3, -0.25) is 19.3 Å². The summed E-state index contributed by atoms with van der Waals surface area (Å²) in [6.45, 7) is 1.94. The van der Waals surface area contributed by atoms with Crippen molar-refractivity contribution in [2.75, 3.05) is 19.6 Å².